The number of rotatable bonds is 5. The number of Topliss-reactive ketones (excluding diaryl/α,β-unsaturated/α-hetero) is 1. The lowest BCUT2D eigenvalue weighted by Gasteiger charge is -2.51. The molecular weight excluding hydrogens is 376 g/mol. The van der Waals surface area contributed by atoms with Gasteiger partial charge in [-0.25, -0.2) is 4.98 Å². The Kier molecular flexibility index (Phi) is 6.98. The Morgan fingerprint density at radius 1 is 1.13 bits per heavy atom. The first-order valence-electron chi connectivity index (χ1n) is 12.2. The Morgan fingerprint density at radius 2 is 2.00 bits per heavy atom. The van der Waals surface area contributed by atoms with Crippen molar-refractivity contribution >= 4 is 5.78 Å². The second-order valence-electron chi connectivity index (χ2n) is 10.6. The summed E-state index contributed by atoms with van der Waals surface area (Å²) in [5.74, 6) is 4.23. The lowest BCUT2D eigenvalue weighted by Crippen LogP contribution is -2.48. The van der Waals surface area contributed by atoms with Gasteiger partial charge in [-0.15, -0.1) is 0 Å². The van der Waals surface area contributed by atoms with Crippen molar-refractivity contribution < 1.29 is 14.6 Å². The molecule has 0 aromatic carbocycles. The van der Waals surface area contributed by atoms with Crippen molar-refractivity contribution in [1.29, 1.82) is 0 Å². The summed E-state index contributed by atoms with van der Waals surface area (Å²) in [4.78, 5) is 17.0. The van der Waals surface area contributed by atoms with Crippen LogP contribution in [0.3, 0.4) is 0 Å². The predicted molar refractivity (Wildman–Crippen MR) is 117 cm³/mol. The van der Waals surface area contributed by atoms with Crippen LogP contribution in [-0.2, 0) is 16.1 Å². The van der Waals surface area contributed by atoms with Gasteiger partial charge in [0, 0.05) is 25.4 Å². The number of ketones is 1. The molecule has 1 aromatic heterocycles. The third-order valence-corrected chi connectivity index (χ3v) is 8.72. The van der Waals surface area contributed by atoms with Gasteiger partial charge in [0.2, 0.25) is 0 Å². The van der Waals surface area contributed by atoms with E-state index in [-0.39, 0.29) is 5.92 Å². The van der Waals surface area contributed by atoms with Gasteiger partial charge in [-0.1, -0.05) is 13.3 Å². The lowest BCUT2D eigenvalue weighted by molar-refractivity contribution is -0.124. The lowest BCUT2D eigenvalue weighted by atomic mass is 9.56. The monoisotopic (exact) mass is 416 g/mol. The number of nitrogens with zero attached hydrogens (tertiary/aromatic N) is 2. The maximum atomic E-state index is 12.9. The molecular formula is C25H40N2O3. The van der Waals surface area contributed by atoms with Gasteiger partial charge in [0.15, 0.2) is 5.78 Å². The van der Waals surface area contributed by atoms with E-state index in [1.807, 2.05) is 10.8 Å². The molecule has 0 spiro atoms. The molecule has 1 heterocycles. The minimum absolute atomic E-state index is 0.198. The summed E-state index contributed by atoms with van der Waals surface area (Å²) in [6, 6.07) is 0. The van der Waals surface area contributed by atoms with Gasteiger partial charge in [0.25, 0.3) is 0 Å². The minimum atomic E-state index is -0.613. The fourth-order valence-electron chi connectivity index (χ4n) is 7.20. The van der Waals surface area contributed by atoms with E-state index < -0.39 is 5.60 Å². The summed E-state index contributed by atoms with van der Waals surface area (Å²) in [7, 11) is 1.70. The fraction of sp³-hybridized carbons (Fsp3) is 0.840. The van der Waals surface area contributed by atoms with Crippen molar-refractivity contribution in [2.75, 3.05) is 13.7 Å². The van der Waals surface area contributed by atoms with Crippen molar-refractivity contribution in [3.8, 4) is 0 Å². The summed E-state index contributed by atoms with van der Waals surface area (Å²) in [6.45, 7) is 3.38. The van der Waals surface area contributed by atoms with E-state index >= 15 is 0 Å². The molecule has 3 fully saturated rings. The summed E-state index contributed by atoms with van der Waals surface area (Å²) >= 11 is 0. The van der Waals surface area contributed by atoms with Gasteiger partial charge < -0.3 is 14.4 Å². The smallest absolute Gasteiger partial charge is 0.155 e. The second-order valence-corrected chi connectivity index (χ2v) is 10.6. The molecule has 3 aliphatic carbocycles. The Morgan fingerprint density at radius 3 is 2.77 bits per heavy atom. The highest BCUT2D eigenvalue weighted by molar-refractivity contribution is 5.80. The molecule has 1 aromatic rings. The first kappa shape index (κ1) is 22.0. The van der Waals surface area contributed by atoms with E-state index in [0.717, 1.165) is 49.9 Å². The van der Waals surface area contributed by atoms with Crippen LogP contribution in [0, 0.1) is 35.5 Å². The molecule has 0 bridgehead atoms. The van der Waals surface area contributed by atoms with Gasteiger partial charge in [0.05, 0.1) is 25.1 Å². The number of imidazole rings is 1. The zero-order chi connectivity index (χ0) is 21.1. The number of methoxy groups -OCH3 is 1. The topological polar surface area (TPSA) is 64.3 Å². The van der Waals surface area contributed by atoms with Crippen LogP contribution in [0.15, 0.2) is 18.7 Å². The van der Waals surface area contributed by atoms with E-state index in [0.29, 0.717) is 30.8 Å². The standard InChI is InChI=1S/C25H40N2O3/c1-18-6-7-19(24(28)15-27-13-12-26-17-27)4-3-5-23-21(18)9-8-20-14-25(29,16-30-2)11-10-22(20)23/h12-13,17-23,29H,3-11,14-16H2,1-2H3. The van der Waals surface area contributed by atoms with Gasteiger partial charge in [-0.2, -0.15) is 0 Å². The van der Waals surface area contributed by atoms with E-state index in [1.54, 1.807) is 19.6 Å². The number of aromatic nitrogens is 2. The molecule has 5 nitrogen and oxygen atoms in total. The molecule has 7 atom stereocenters. The highest BCUT2D eigenvalue weighted by Crippen LogP contribution is 2.53. The zero-order valence-electron chi connectivity index (χ0n) is 18.8. The Bertz CT molecular complexity index is 691. The van der Waals surface area contributed by atoms with Gasteiger partial charge in [0.1, 0.15) is 0 Å². The average molecular weight is 417 g/mol. The first-order valence-corrected chi connectivity index (χ1v) is 12.2. The molecule has 0 amide bonds. The summed E-state index contributed by atoms with van der Waals surface area (Å²) < 4.78 is 7.23. The van der Waals surface area contributed by atoms with Crippen LogP contribution in [0.25, 0.3) is 0 Å². The normalized spacial score (nSPS) is 39.8. The van der Waals surface area contributed by atoms with Crippen LogP contribution in [0.1, 0.15) is 71.1 Å². The SMILES string of the molecule is COCC1(O)CCC2C(CCC3C(C)CCC(C(=O)Cn4ccnc4)CCCC32)C1. The maximum Gasteiger partial charge on any atom is 0.155 e. The molecule has 30 heavy (non-hydrogen) atoms. The molecule has 4 rings (SSSR count). The molecule has 3 aliphatic rings. The molecule has 5 heteroatoms. The van der Waals surface area contributed by atoms with Crippen LogP contribution in [0.4, 0.5) is 0 Å². The largest absolute Gasteiger partial charge is 0.387 e. The van der Waals surface area contributed by atoms with Gasteiger partial charge in [-0.05, 0) is 87.4 Å². The average Bonchev–Trinajstić information content (AvgIpc) is 3.24. The number of fused-ring (bicyclic) bond motifs is 3. The van der Waals surface area contributed by atoms with E-state index in [1.165, 1.54) is 32.1 Å². The number of carbonyl (C=O) groups excluding carboxylic acids is 1. The predicted octanol–water partition coefficient (Wildman–Crippen LogP) is 4.49. The fourth-order valence-corrected chi connectivity index (χ4v) is 7.20. The molecule has 0 radical (unpaired) electrons. The minimum Gasteiger partial charge on any atom is -0.387 e. The van der Waals surface area contributed by atoms with Crippen LogP contribution < -0.4 is 0 Å². The van der Waals surface area contributed by atoms with Crippen LogP contribution in [-0.4, -0.2) is 39.8 Å². The highest BCUT2D eigenvalue weighted by Gasteiger charge is 2.47. The number of carbonyl (C=O) groups is 1. The molecule has 3 saturated carbocycles. The highest BCUT2D eigenvalue weighted by atomic mass is 16.5. The van der Waals surface area contributed by atoms with Crippen LogP contribution >= 0.6 is 0 Å². The number of hydrogen-bond acceptors (Lipinski definition) is 4. The van der Waals surface area contributed by atoms with E-state index in [2.05, 4.69) is 11.9 Å². The number of aliphatic hydroxyl groups is 1. The number of hydrogen-bond donors (Lipinski definition) is 1. The Hall–Kier alpha value is -1.20. The summed E-state index contributed by atoms with van der Waals surface area (Å²) in [6.07, 6.45) is 16.5. The van der Waals surface area contributed by atoms with Crippen LogP contribution in [0.5, 0.6) is 0 Å². The first-order chi connectivity index (χ1) is 14.5. The third kappa shape index (κ3) is 4.83. The summed E-state index contributed by atoms with van der Waals surface area (Å²) in [5.41, 5.74) is -0.613. The molecule has 0 saturated heterocycles. The molecule has 7 unspecified atom stereocenters. The Labute approximate surface area is 181 Å². The zero-order valence-corrected chi connectivity index (χ0v) is 18.8. The molecule has 168 valence electrons. The van der Waals surface area contributed by atoms with Gasteiger partial charge in [-0.3, -0.25) is 4.79 Å². The molecule has 1 N–H and O–H groups in total. The van der Waals surface area contributed by atoms with E-state index in [9.17, 15) is 9.90 Å². The number of ether oxygens (including phenoxy) is 1. The van der Waals surface area contributed by atoms with Crippen molar-refractivity contribution in [2.24, 2.45) is 35.5 Å². The Balaban J connectivity index is 1.41. The second kappa shape index (κ2) is 9.52. The third-order valence-electron chi connectivity index (χ3n) is 8.72. The molecule has 0 aliphatic heterocycles. The van der Waals surface area contributed by atoms with Gasteiger partial charge >= 0.3 is 0 Å². The maximum absolute atomic E-state index is 12.9. The summed E-state index contributed by atoms with van der Waals surface area (Å²) in [5, 5.41) is 10.9. The van der Waals surface area contributed by atoms with Crippen molar-refractivity contribution in [2.45, 2.75) is 83.3 Å². The van der Waals surface area contributed by atoms with Crippen molar-refractivity contribution in [1.82, 2.24) is 9.55 Å². The van der Waals surface area contributed by atoms with E-state index in [4.69, 9.17) is 4.74 Å². The quantitative estimate of drug-likeness (QED) is 0.768. The van der Waals surface area contributed by atoms with Crippen LogP contribution in [0.2, 0.25) is 0 Å². The van der Waals surface area contributed by atoms with Crippen molar-refractivity contribution in [3.63, 3.8) is 0 Å². The van der Waals surface area contributed by atoms with Crippen molar-refractivity contribution in [3.05, 3.63) is 18.7 Å².